The Labute approximate surface area is 97.6 Å². The first-order valence-electron chi connectivity index (χ1n) is 5.38. The second-order valence-electron chi connectivity index (χ2n) is 4.82. The van der Waals surface area contributed by atoms with Gasteiger partial charge in [0.15, 0.2) is 11.2 Å². The lowest BCUT2D eigenvalue weighted by molar-refractivity contribution is 0.472. The Hall–Kier alpha value is -1.89. The van der Waals surface area contributed by atoms with E-state index in [1.807, 2.05) is 13.8 Å². The third-order valence-electron chi connectivity index (χ3n) is 2.43. The molecule has 0 spiro atoms. The zero-order chi connectivity index (χ0) is 12.6. The molecule has 0 fully saturated rings. The highest BCUT2D eigenvalue weighted by atomic mass is 16.1. The van der Waals surface area contributed by atoms with Gasteiger partial charge in [0.05, 0.1) is 0 Å². The van der Waals surface area contributed by atoms with Crippen molar-refractivity contribution in [2.24, 2.45) is 5.73 Å². The summed E-state index contributed by atoms with van der Waals surface area (Å²) in [6.45, 7) is 3.89. The van der Waals surface area contributed by atoms with Crippen LogP contribution in [0.5, 0.6) is 0 Å². The van der Waals surface area contributed by atoms with Crippen molar-refractivity contribution < 1.29 is 0 Å². The average molecular weight is 236 g/mol. The molecule has 0 aliphatic carbocycles. The molecule has 0 atom stereocenters. The molecule has 2 rings (SSSR count). The first-order valence-corrected chi connectivity index (χ1v) is 5.38. The first kappa shape index (κ1) is 11.6. The fourth-order valence-electron chi connectivity index (χ4n) is 1.53. The van der Waals surface area contributed by atoms with Crippen molar-refractivity contribution in [2.45, 2.75) is 32.2 Å². The van der Waals surface area contributed by atoms with E-state index in [9.17, 15) is 4.79 Å². The van der Waals surface area contributed by atoms with E-state index in [0.717, 1.165) is 6.42 Å². The summed E-state index contributed by atoms with van der Waals surface area (Å²) < 4.78 is 0. The number of nitrogens with one attached hydrogen (secondary N) is 2. The van der Waals surface area contributed by atoms with E-state index >= 15 is 0 Å². The summed E-state index contributed by atoms with van der Waals surface area (Å²) in [7, 11) is 0. The highest BCUT2D eigenvalue weighted by Gasteiger charge is 2.13. The number of aryl methyl sites for hydroxylation is 1. The summed E-state index contributed by atoms with van der Waals surface area (Å²) in [5.74, 6) is 0.766. The maximum absolute atomic E-state index is 11.5. The number of H-pyrrole nitrogens is 2. The molecule has 6 N–H and O–H groups in total. The Morgan fingerprint density at radius 2 is 2.00 bits per heavy atom. The molecular formula is C10H16N6O. The highest BCUT2D eigenvalue weighted by Crippen LogP contribution is 2.11. The van der Waals surface area contributed by atoms with Crippen molar-refractivity contribution in [2.75, 3.05) is 5.73 Å². The van der Waals surface area contributed by atoms with Gasteiger partial charge < -0.3 is 16.5 Å². The number of aromatic amines is 2. The van der Waals surface area contributed by atoms with Crippen LogP contribution in [0, 0.1) is 0 Å². The fraction of sp³-hybridized carbons (Fsp3) is 0.500. The summed E-state index contributed by atoms with van der Waals surface area (Å²) in [5.41, 5.74) is 11.4. The molecule has 7 heteroatoms. The molecular weight excluding hydrogens is 220 g/mol. The smallest absolute Gasteiger partial charge is 0.278 e. The quantitative estimate of drug-likeness (QED) is 0.591. The monoisotopic (exact) mass is 236 g/mol. The van der Waals surface area contributed by atoms with Gasteiger partial charge in [-0.1, -0.05) is 0 Å². The molecule has 92 valence electrons. The van der Waals surface area contributed by atoms with Crippen LogP contribution < -0.4 is 17.0 Å². The number of hydrogen-bond acceptors (Lipinski definition) is 5. The second kappa shape index (κ2) is 3.85. The minimum Gasteiger partial charge on any atom is -0.369 e. The molecule has 0 unspecified atom stereocenters. The lowest BCUT2D eigenvalue weighted by Crippen LogP contribution is -2.32. The molecule has 0 aromatic carbocycles. The maximum Gasteiger partial charge on any atom is 0.278 e. The van der Waals surface area contributed by atoms with E-state index in [1.54, 1.807) is 0 Å². The second-order valence-corrected chi connectivity index (χ2v) is 4.82. The van der Waals surface area contributed by atoms with Crippen molar-refractivity contribution in [3.8, 4) is 0 Å². The van der Waals surface area contributed by atoms with E-state index in [-0.39, 0.29) is 17.0 Å². The summed E-state index contributed by atoms with van der Waals surface area (Å²) in [6, 6.07) is 0. The van der Waals surface area contributed by atoms with Gasteiger partial charge in [0.25, 0.3) is 5.56 Å². The molecule has 7 nitrogen and oxygen atoms in total. The number of fused-ring (bicyclic) bond motifs is 1. The third kappa shape index (κ3) is 2.62. The van der Waals surface area contributed by atoms with E-state index in [1.165, 1.54) is 0 Å². The Morgan fingerprint density at radius 1 is 1.29 bits per heavy atom. The Bertz CT molecular complexity index is 591. The largest absolute Gasteiger partial charge is 0.369 e. The molecule has 2 aromatic heterocycles. The highest BCUT2D eigenvalue weighted by molar-refractivity contribution is 5.70. The van der Waals surface area contributed by atoms with Crippen LogP contribution in [0.1, 0.15) is 26.1 Å². The SMILES string of the molecule is CC(C)(N)CCc1nc2nc(N)[nH]c(=O)c2[nH]1. The van der Waals surface area contributed by atoms with E-state index in [4.69, 9.17) is 11.5 Å². The average Bonchev–Trinajstić information content (AvgIpc) is 2.56. The third-order valence-corrected chi connectivity index (χ3v) is 2.43. The van der Waals surface area contributed by atoms with Gasteiger partial charge in [0, 0.05) is 12.0 Å². The molecule has 0 aliphatic rings. The zero-order valence-corrected chi connectivity index (χ0v) is 9.87. The van der Waals surface area contributed by atoms with Crippen molar-refractivity contribution in [3.63, 3.8) is 0 Å². The first-order chi connectivity index (χ1) is 7.85. The number of nitrogens with zero attached hydrogens (tertiary/aromatic N) is 2. The van der Waals surface area contributed by atoms with E-state index in [2.05, 4.69) is 19.9 Å². The Kier molecular flexibility index (Phi) is 2.62. The molecule has 0 bridgehead atoms. The van der Waals surface area contributed by atoms with Crippen molar-refractivity contribution in [3.05, 3.63) is 16.2 Å². The van der Waals surface area contributed by atoms with Crippen molar-refractivity contribution >= 4 is 17.1 Å². The normalized spacial score (nSPS) is 12.2. The molecule has 2 aromatic rings. The molecule has 17 heavy (non-hydrogen) atoms. The van der Waals surface area contributed by atoms with Gasteiger partial charge in [-0.25, -0.2) is 4.98 Å². The number of nitrogen functional groups attached to an aromatic ring is 1. The van der Waals surface area contributed by atoms with Crippen LogP contribution in [0.2, 0.25) is 0 Å². The van der Waals surface area contributed by atoms with Crippen LogP contribution in [0.4, 0.5) is 5.95 Å². The number of imidazole rings is 1. The summed E-state index contributed by atoms with van der Waals surface area (Å²) in [6.07, 6.45) is 1.43. The molecule has 2 heterocycles. The molecule has 0 saturated heterocycles. The van der Waals surface area contributed by atoms with Gasteiger partial charge in [-0.15, -0.1) is 0 Å². The zero-order valence-electron chi connectivity index (χ0n) is 9.87. The van der Waals surface area contributed by atoms with Gasteiger partial charge in [0.1, 0.15) is 5.82 Å². The van der Waals surface area contributed by atoms with Crippen LogP contribution >= 0.6 is 0 Å². The molecule has 0 saturated carbocycles. The summed E-state index contributed by atoms with van der Waals surface area (Å²) in [4.78, 5) is 25.1. The topological polar surface area (TPSA) is 126 Å². The number of hydrogen-bond donors (Lipinski definition) is 4. The predicted molar refractivity (Wildman–Crippen MR) is 65.5 cm³/mol. The minimum atomic E-state index is -0.307. The van der Waals surface area contributed by atoms with Crippen LogP contribution in [0.15, 0.2) is 4.79 Å². The van der Waals surface area contributed by atoms with Gasteiger partial charge in [-0.2, -0.15) is 4.98 Å². The van der Waals surface area contributed by atoms with Crippen LogP contribution in [-0.4, -0.2) is 25.5 Å². The van der Waals surface area contributed by atoms with Crippen LogP contribution in [0.3, 0.4) is 0 Å². The molecule has 0 radical (unpaired) electrons. The van der Waals surface area contributed by atoms with Gasteiger partial charge >= 0.3 is 0 Å². The predicted octanol–water partition coefficient (Wildman–Crippen LogP) is -0.102. The van der Waals surface area contributed by atoms with Gasteiger partial charge in [-0.3, -0.25) is 9.78 Å². The number of aromatic nitrogens is 4. The number of rotatable bonds is 3. The summed E-state index contributed by atoms with van der Waals surface area (Å²) in [5, 5.41) is 0. The molecule has 0 amide bonds. The maximum atomic E-state index is 11.5. The lowest BCUT2D eigenvalue weighted by Gasteiger charge is -2.16. The van der Waals surface area contributed by atoms with Gasteiger partial charge in [-0.05, 0) is 20.3 Å². The Morgan fingerprint density at radius 3 is 2.65 bits per heavy atom. The van der Waals surface area contributed by atoms with Crippen molar-refractivity contribution in [1.82, 2.24) is 19.9 Å². The Balaban J connectivity index is 2.32. The summed E-state index contributed by atoms with van der Waals surface area (Å²) >= 11 is 0. The van der Waals surface area contributed by atoms with E-state index in [0.29, 0.717) is 23.4 Å². The molecule has 0 aliphatic heterocycles. The lowest BCUT2D eigenvalue weighted by atomic mass is 10.0. The van der Waals surface area contributed by atoms with Crippen LogP contribution in [-0.2, 0) is 6.42 Å². The standard InChI is InChI=1S/C10H16N6O/c1-10(2,12)4-3-5-13-6-7(14-5)15-9(11)16-8(6)17/h3-4,12H2,1-2H3,(H4,11,13,14,15,16,17). The minimum absolute atomic E-state index is 0.0692. The van der Waals surface area contributed by atoms with E-state index < -0.39 is 0 Å². The number of anilines is 1. The van der Waals surface area contributed by atoms with Gasteiger partial charge in [0.2, 0.25) is 5.95 Å². The van der Waals surface area contributed by atoms with Crippen LogP contribution in [0.25, 0.3) is 11.2 Å². The number of nitrogens with two attached hydrogens (primary N) is 2. The fourth-order valence-corrected chi connectivity index (χ4v) is 1.53. The van der Waals surface area contributed by atoms with Crippen molar-refractivity contribution in [1.29, 1.82) is 0 Å².